The Hall–Kier alpha value is -3.47. The minimum atomic E-state index is -0.766. The Balaban J connectivity index is 2.25. The molecule has 0 radical (unpaired) electrons. The first-order valence-electron chi connectivity index (χ1n) is 9.60. The van der Waals surface area contributed by atoms with Gasteiger partial charge in [0.1, 0.15) is 0 Å². The lowest BCUT2D eigenvalue weighted by molar-refractivity contribution is -0.136. The van der Waals surface area contributed by atoms with Gasteiger partial charge in [-0.15, -0.1) is 10.2 Å². The van der Waals surface area contributed by atoms with Crippen molar-refractivity contribution in [3.05, 3.63) is 32.7 Å². The highest BCUT2D eigenvalue weighted by Crippen LogP contribution is 2.30. The van der Waals surface area contributed by atoms with E-state index >= 15 is 0 Å². The molecule has 0 aliphatic heterocycles. The standard InChI is InChI=1S/C20H24N4O7/c1-10(2)31-20(11(3)8-30-9-25)24-22-16-17(23-24)19(27)21-13-7-15(29-5)14(28-4)6-12(13)18(16)26/h6-7,9-11,20H,8H2,1-5H3,(H,21,27). The van der Waals surface area contributed by atoms with Gasteiger partial charge in [0.05, 0.1) is 37.8 Å². The van der Waals surface area contributed by atoms with Gasteiger partial charge in [-0.2, -0.15) is 4.80 Å². The number of ether oxygens (including phenoxy) is 4. The molecule has 2 heterocycles. The Morgan fingerprint density at radius 2 is 1.71 bits per heavy atom. The first kappa shape index (κ1) is 22.2. The van der Waals surface area contributed by atoms with Crippen molar-refractivity contribution in [3.8, 4) is 11.5 Å². The Kier molecular flexibility index (Phi) is 6.54. The van der Waals surface area contributed by atoms with Crippen LogP contribution in [0.25, 0.3) is 21.9 Å². The lowest BCUT2D eigenvalue weighted by Crippen LogP contribution is -2.28. The zero-order valence-corrected chi connectivity index (χ0v) is 17.9. The third kappa shape index (κ3) is 4.36. The van der Waals surface area contributed by atoms with Crippen LogP contribution >= 0.6 is 0 Å². The van der Waals surface area contributed by atoms with Crippen LogP contribution in [-0.2, 0) is 14.3 Å². The summed E-state index contributed by atoms with van der Waals surface area (Å²) in [5.41, 5.74) is -1.10. The molecule has 3 rings (SSSR count). The van der Waals surface area contributed by atoms with Gasteiger partial charge >= 0.3 is 0 Å². The Morgan fingerprint density at radius 3 is 2.32 bits per heavy atom. The molecule has 2 atom stereocenters. The number of rotatable bonds is 9. The zero-order valence-electron chi connectivity index (χ0n) is 17.9. The summed E-state index contributed by atoms with van der Waals surface area (Å²) in [6.07, 6.45) is -0.978. The van der Waals surface area contributed by atoms with E-state index in [-0.39, 0.29) is 40.6 Å². The average Bonchev–Trinajstić information content (AvgIpc) is 3.16. The predicted octanol–water partition coefficient (Wildman–Crippen LogP) is 1.38. The fourth-order valence-corrected chi connectivity index (χ4v) is 3.19. The molecule has 2 unspecified atom stereocenters. The van der Waals surface area contributed by atoms with Gasteiger partial charge < -0.3 is 23.9 Å². The maximum Gasteiger partial charge on any atom is 0.293 e. The summed E-state index contributed by atoms with van der Waals surface area (Å²) in [6.45, 7) is 5.81. The Bertz CT molecular complexity index is 1220. The van der Waals surface area contributed by atoms with E-state index in [2.05, 4.69) is 15.2 Å². The van der Waals surface area contributed by atoms with Crippen LogP contribution in [0.4, 0.5) is 0 Å². The zero-order chi connectivity index (χ0) is 22.7. The third-order valence-corrected chi connectivity index (χ3v) is 4.63. The van der Waals surface area contributed by atoms with Gasteiger partial charge in [-0.1, -0.05) is 6.92 Å². The highest BCUT2D eigenvalue weighted by atomic mass is 16.5. The molecule has 0 aliphatic rings. The van der Waals surface area contributed by atoms with Crippen molar-refractivity contribution < 1.29 is 23.7 Å². The fraction of sp³-hybridized carbons (Fsp3) is 0.450. The van der Waals surface area contributed by atoms with E-state index in [4.69, 9.17) is 18.9 Å². The van der Waals surface area contributed by atoms with Crippen LogP contribution < -0.4 is 20.5 Å². The molecule has 11 heteroatoms. The first-order valence-corrected chi connectivity index (χ1v) is 9.60. The fourth-order valence-electron chi connectivity index (χ4n) is 3.19. The van der Waals surface area contributed by atoms with Crippen molar-refractivity contribution in [1.29, 1.82) is 0 Å². The molecule has 2 aromatic heterocycles. The Labute approximate surface area is 176 Å². The second-order valence-electron chi connectivity index (χ2n) is 7.24. The van der Waals surface area contributed by atoms with Crippen LogP contribution in [0.1, 0.15) is 27.0 Å². The molecule has 0 saturated carbocycles. The van der Waals surface area contributed by atoms with Crippen LogP contribution in [0.15, 0.2) is 21.7 Å². The second-order valence-corrected chi connectivity index (χ2v) is 7.24. The van der Waals surface area contributed by atoms with Gasteiger partial charge in [0.15, 0.2) is 28.8 Å². The first-order chi connectivity index (χ1) is 14.8. The molecule has 1 aromatic carbocycles. The van der Waals surface area contributed by atoms with Crippen molar-refractivity contribution in [1.82, 2.24) is 20.0 Å². The van der Waals surface area contributed by atoms with E-state index < -0.39 is 17.2 Å². The summed E-state index contributed by atoms with van der Waals surface area (Å²) < 4.78 is 21.2. The van der Waals surface area contributed by atoms with E-state index in [0.717, 1.165) is 0 Å². The van der Waals surface area contributed by atoms with E-state index in [0.29, 0.717) is 18.0 Å². The maximum absolute atomic E-state index is 13.2. The van der Waals surface area contributed by atoms with E-state index in [1.54, 1.807) is 6.92 Å². The molecule has 31 heavy (non-hydrogen) atoms. The number of H-pyrrole nitrogens is 1. The number of methoxy groups -OCH3 is 2. The summed E-state index contributed by atoms with van der Waals surface area (Å²) in [7, 11) is 2.90. The van der Waals surface area contributed by atoms with Crippen LogP contribution in [0.2, 0.25) is 0 Å². The lowest BCUT2D eigenvalue weighted by atomic mass is 10.1. The van der Waals surface area contributed by atoms with Crippen LogP contribution in [-0.4, -0.2) is 53.4 Å². The average molecular weight is 432 g/mol. The monoisotopic (exact) mass is 432 g/mol. The molecule has 0 fully saturated rings. The number of nitrogens with one attached hydrogen (secondary N) is 1. The predicted molar refractivity (Wildman–Crippen MR) is 111 cm³/mol. The minimum absolute atomic E-state index is 0.0487. The molecule has 0 bridgehead atoms. The highest BCUT2D eigenvalue weighted by Gasteiger charge is 2.26. The molecular formula is C20H24N4O7. The van der Waals surface area contributed by atoms with Crippen molar-refractivity contribution in [2.24, 2.45) is 5.92 Å². The molecule has 0 aliphatic carbocycles. The maximum atomic E-state index is 13.2. The number of carbonyl (C=O) groups excluding carboxylic acids is 1. The summed E-state index contributed by atoms with van der Waals surface area (Å²) in [5.74, 6) is 0.347. The molecule has 0 amide bonds. The van der Waals surface area contributed by atoms with Crippen LogP contribution in [0.5, 0.6) is 11.5 Å². The van der Waals surface area contributed by atoms with Crippen molar-refractivity contribution >= 4 is 28.4 Å². The van der Waals surface area contributed by atoms with Crippen LogP contribution in [0, 0.1) is 5.92 Å². The van der Waals surface area contributed by atoms with Gasteiger partial charge in [0.2, 0.25) is 5.43 Å². The topological polar surface area (TPSA) is 135 Å². The van der Waals surface area contributed by atoms with Crippen LogP contribution in [0.3, 0.4) is 0 Å². The van der Waals surface area contributed by atoms with Crippen molar-refractivity contribution in [2.75, 3.05) is 20.8 Å². The number of aromatic nitrogens is 4. The smallest absolute Gasteiger partial charge is 0.293 e. The van der Waals surface area contributed by atoms with E-state index in [1.165, 1.54) is 31.1 Å². The second kappa shape index (κ2) is 9.13. The number of aromatic amines is 1. The van der Waals surface area contributed by atoms with Gasteiger partial charge in [0.25, 0.3) is 12.0 Å². The number of hydrogen-bond acceptors (Lipinski definition) is 9. The quantitative estimate of drug-likeness (QED) is 0.498. The summed E-state index contributed by atoms with van der Waals surface area (Å²) in [4.78, 5) is 40.4. The third-order valence-electron chi connectivity index (χ3n) is 4.63. The number of nitrogens with zero attached hydrogens (tertiary/aromatic N) is 3. The summed E-state index contributed by atoms with van der Waals surface area (Å²) >= 11 is 0. The minimum Gasteiger partial charge on any atom is -0.493 e. The van der Waals surface area contributed by atoms with E-state index in [1.807, 2.05) is 13.8 Å². The number of benzene rings is 1. The molecule has 166 valence electrons. The van der Waals surface area contributed by atoms with Gasteiger partial charge in [-0.3, -0.25) is 14.4 Å². The van der Waals surface area contributed by atoms with E-state index in [9.17, 15) is 14.4 Å². The van der Waals surface area contributed by atoms with Gasteiger partial charge in [-0.25, -0.2) is 0 Å². The van der Waals surface area contributed by atoms with Gasteiger partial charge in [-0.05, 0) is 19.9 Å². The molecule has 11 nitrogen and oxygen atoms in total. The normalized spacial score (nSPS) is 13.4. The van der Waals surface area contributed by atoms with Crippen molar-refractivity contribution in [2.45, 2.75) is 33.1 Å². The largest absolute Gasteiger partial charge is 0.493 e. The van der Waals surface area contributed by atoms with Gasteiger partial charge in [0, 0.05) is 12.0 Å². The molecule has 0 spiro atoms. The molecule has 3 aromatic rings. The number of fused-ring (bicyclic) bond motifs is 2. The molecular weight excluding hydrogens is 408 g/mol. The highest BCUT2D eigenvalue weighted by molar-refractivity contribution is 5.88. The van der Waals surface area contributed by atoms with Crippen molar-refractivity contribution in [3.63, 3.8) is 0 Å². The summed E-state index contributed by atoms with van der Waals surface area (Å²) in [5, 5.41) is 8.70. The number of carbonyl (C=O) groups is 1. The Morgan fingerprint density at radius 1 is 1.06 bits per heavy atom. The SMILES string of the molecule is COc1cc2[nH]c(=O)c3nn(C(OC(C)C)C(C)COC=O)nc3c(=O)c2cc1OC. The molecule has 0 saturated heterocycles. The summed E-state index contributed by atoms with van der Waals surface area (Å²) in [6, 6.07) is 2.99. The molecule has 1 N–H and O–H groups in total. The lowest BCUT2D eigenvalue weighted by Gasteiger charge is -2.24. The number of hydrogen-bond donors (Lipinski definition) is 1.